The number of ether oxygens (including phenoxy) is 1. The summed E-state index contributed by atoms with van der Waals surface area (Å²) >= 11 is 0. The van der Waals surface area contributed by atoms with Gasteiger partial charge in [0.1, 0.15) is 5.75 Å². The first-order valence-corrected chi connectivity index (χ1v) is 12.9. The predicted octanol–water partition coefficient (Wildman–Crippen LogP) is 9.30. The number of benzene rings is 1. The van der Waals surface area contributed by atoms with Gasteiger partial charge >= 0.3 is 5.97 Å². The van der Waals surface area contributed by atoms with Crippen LogP contribution in [0.1, 0.15) is 94.7 Å². The number of rotatable bonds is 16. The van der Waals surface area contributed by atoms with Crippen LogP contribution in [0.2, 0.25) is 0 Å². The fourth-order valence-corrected chi connectivity index (χ4v) is 3.86. The van der Waals surface area contributed by atoms with Gasteiger partial charge in [0.05, 0.1) is 5.92 Å². The van der Waals surface area contributed by atoms with E-state index < -0.39 is 0 Å². The number of carbonyl (C=O) groups is 1. The minimum absolute atomic E-state index is 0.0591. The Morgan fingerprint density at radius 3 is 1.82 bits per heavy atom. The molecule has 0 fully saturated rings. The molecule has 0 N–H and O–H groups in total. The van der Waals surface area contributed by atoms with Crippen LogP contribution >= 0.6 is 0 Å². The van der Waals surface area contributed by atoms with Crippen molar-refractivity contribution < 1.29 is 9.53 Å². The fourth-order valence-electron chi connectivity index (χ4n) is 3.86. The van der Waals surface area contributed by atoms with Crippen LogP contribution in [-0.4, -0.2) is 5.97 Å². The first kappa shape index (κ1) is 28.7. The van der Waals surface area contributed by atoms with Gasteiger partial charge in [-0.3, -0.25) is 4.79 Å². The van der Waals surface area contributed by atoms with Gasteiger partial charge in [0, 0.05) is 0 Å². The maximum Gasteiger partial charge on any atom is 0.314 e. The fraction of sp³-hybridized carbons (Fsp3) is 0.516. The van der Waals surface area contributed by atoms with Gasteiger partial charge in [0.25, 0.3) is 0 Å². The maximum atomic E-state index is 12.7. The van der Waals surface area contributed by atoms with Crippen molar-refractivity contribution >= 4 is 5.97 Å². The van der Waals surface area contributed by atoms with Gasteiger partial charge in [-0.2, -0.15) is 0 Å². The monoisotopic (exact) mass is 450 g/mol. The van der Waals surface area contributed by atoms with E-state index in [1.54, 1.807) is 0 Å². The SMILES string of the molecule is CCCCC/C=C\C/C=C\C/C=C\C/C=C\CCC(CC)C(=O)Oc1c(C)cc(C)cc1C. The average molecular weight is 451 g/mol. The smallest absolute Gasteiger partial charge is 0.314 e. The summed E-state index contributed by atoms with van der Waals surface area (Å²) in [7, 11) is 0. The van der Waals surface area contributed by atoms with Crippen LogP contribution in [-0.2, 0) is 4.79 Å². The molecule has 33 heavy (non-hydrogen) atoms. The molecule has 0 radical (unpaired) electrons. The number of aryl methyl sites for hydroxylation is 3. The second-order valence-electron chi connectivity index (χ2n) is 8.92. The topological polar surface area (TPSA) is 26.3 Å². The number of allylic oxidation sites excluding steroid dienone is 8. The summed E-state index contributed by atoms with van der Waals surface area (Å²) < 4.78 is 5.78. The molecule has 0 spiro atoms. The Labute approximate surface area is 203 Å². The molecular weight excluding hydrogens is 404 g/mol. The van der Waals surface area contributed by atoms with Crippen LogP contribution < -0.4 is 4.74 Å². The Bertz CT molecular complexity index is 772. The molecule has 0 bridgehead atoms. The summed E-state index contributed by atoms with van der Waals surface area (Å²) in [6.45, 7) is 10.4. The van der Waals surface area contributed by atoms with E-state index in [1.165, 1.54) is 31.2 Å². The average Bonchev–Trinajstić information content (AvgIpc) is 2.78. The highest BCUT2D eigenvalue weighted by molar-refractivity contribution is 5.76. The molecule has 0 aliphatic rings. The van der Waals surface area contributed by atoms with E-state index in [4.69, 9.17) is 4.74 Å². The van der Waals surface area contributed by atoms with Crippen molar-refractivity contribution in [1.29, 1.82) is 0 Å². The number of unbranched alkanes of at least 4 members (excludes halogenated alkanes) is 3. The summed E-state index contributed by atoms with van der Waals surface area (Å²) in [5, 5.41) is 0. The molecule has 1 unspecified atom stereocenters. The summed E-state index contributed by atoms with van der Waals surface area (Å²) in [5.74, 6) is 0.557. The molecular formula is C31H46O2. The quantitative estimate of drug-likeness (QED) is 0.108. The van der Waals surface area contributed by atoms with Crippen molar-refractivity contribution in [3.8, 4) is 5.75 Å². The Balaban J connectivity index is 2.24. The Morgan fingerprint density at radius 1 is 0.788 bits per heavy atom. The van der Waals surface area contributed by atoms with Crippen LogP contribution in [0.25, 0.3) is 0 Å². The highest BCUT2D eigenvalue weighted by atomic mass is 16.5. The largest absolute Gasteiger partial charge is 0.426 e. The lowest BCUT2D eigenvalue weighted by Crippen LogP contribution is -2.20. The molecule has 0 heterocycles. The molecule has 0 aliphatic carbocycles. The third-order valence-electron chi connectivity index (χ3n) is 5.77. The van der Waals surface area contributed by atoms with Crippen molar-refractivity contribution in [2.24, 2.45) is 5.92 Å². The number of hydrogen-bond donors (Lipinski definition) is 0. The molecule has 2 nitrogen and oxygen atoms in total. The molecule has 0 amide bonds. The maximum absolute atomic E-state index is 12.7. The van der Waals surface area contributed by atoms with Gasteiger partial charge in [-0.1, -0.05) is 93.0 Å². The predicted molar refractivity (Wildman–Crippen MR) is 144 cm³/mol. The van der Waals surface area contributed by atoms with E-state index in [0.29, 0.717) is 0 Å². The Kier molecular flexibility index (Phi) is 15.7. The lowest BCUT2D eigenvalue weighted by Gasteiger charge is -2.16. The van der Waals surface area contributed by atoms with E-state index in [9.17, 15) is 4.79 Å². The zero-order valence-corrected chi connectivity index (χ0v) is 21.7. The standard InChI is InChI=1S/C31H46O2/c1-6-8-9-10-11-12-13-14-15-16-17-18-19-20-21-22-23-29(7-2)31(32)33-30-27(4)24-26(3)25-28(30)5/h11-12,14-15,17-18,20-21,24-25,29H,6-10,13,16,19,22-23H2,1-5H3/b12-11-,15-14-,18-17-,21-20-. The molecule has 1 aromatic carbocycles. The molecule has 0 saturated carbocycles. The zero-order chi connectivity index (χ0) is 24.3. The molecule has 182 valence electrons. The van der Waals surface area contributed by atoms with Gasteiger partial charge in [0.2, 0.25) is 0 Å². The molecule has 0 saturated heterocycles. The number of hydrogen-bond acceptors (Lipinski definition) is 2. The summed E-state index contributed by atoms with van der Waals surface area (Å²) in [6, 6.07) is 4.13. The molecule has 1 rings (SSSR count). The Hall–Kier alpha value is -2.35. The highest BCUT2D eigenvalue weighted by Crippen LogP contribution is 2.26. The van der Waals surface area contributed by atoms with Crippen molar-refractivity contribution in [2.45, 2.75) is 98.8 Å². The van der Waals surface area contributed by atoms with Gasteiger partial charge in [-0.15, -0.1) is 0 Å². The summed E-state index contributed by atoms with van der Waals surface area (Å²) in [5.41, 5.74) is 3.24. The molecule has 2 heteroatoms. The van der Waals surface area contributed by atoms with Crippen LogP contribution in [0.4, 0.5) is 0 Å². The third-order valence-corrected chi connectivity index (χ3v) is 5.77. The van der Waals surface area contributed by atoms with E-state index in [-0.39, 0.29) is 11.9 Å². The normalized spacial score (nSPS) is 13.1. The van der Waals surface area contributed by atoms with E-state index in [2.05, 4.69) is 81.5 Å². The minimum atomic E-state index is -0.108. The van der Waals surface area contributed by atoms with Crippen LogP contribution in [0.5, 0.6) is 5.75 Å². The zero-order valence-electron chi connectivity index (χ0n) is 21.7. The Morgan fingerprint density at radius 2 is 1.30 bits per heavy atom. The first-order valence-electron chi connectivity index (χ1n) is 12.9. The van der Waals surface area contributed by atoms with E-state index in [1.807, 2.05) is 13.8 Å². The number of esters is 1. The molecule has 0 aliphatic heterocycles. The lowest BCUT2D eigenvalue weighted by molar-refractivity contribution is -0.139. The van der Waals surface area contributed by atoms with Gasteiger partial charge in [0.15, 0.2) is 0 Å². The van der Waals surface area contributed by atoms with Crippen LogP contribution in [0, 0.1) is 26.7 Å². The van der Waals surface area contributed by atoms with Gasteiger partial charge in [-0.05, 0) is 83.3 Å². The first-order chi connectivity index (χ1) is 16.0. The number of carbonyl (C=O) groups excluding carboxylic acids is 1. The second-order valence-corrected chi connectivity index (χ2v) is 8.92. The van der Waals surface area contributed by atoms with Crippen molar-refractivity contribution in [3.63, 3.8) is 0 Å². The van der Waals surface area contributed by atoms with E-state index in [0.717, 1.165) is 55.4 Å². The summed E-state index contributed by atoms with van der Waals surface area (Å²) in [6.07, 6.45) is 28.4. The third kappa shape index (κ3) is 13.1. The van der Waals surface area contributed by atoms with Gasteiger partial charge in [-0.25, -0.2) is 0 Å². The second kappa shape index (κ2) is 18.1. The minimum Gasteiger partial charge on any atom is -0.426 e. The van der Waals surface area contributed by atoms with Gasteiger partial charge < -0.3 is 4.74 Å². The van der Waals surface area contributed by atoms with Crippen LogP contribution in [0.15, 0.2) is 60.7 Å². The molecule has 1 aromatic rings. The molecule has 1 atom stereocenters. The highest BCUT2D eigenvalue weighted by Gasteiger charge is 2.19. The lowest BCUT2D eigenvalue weighted by atomic mass is 10.00. The van der Waals surface area contributed by atoms with Crippen LogP contribution in [0.3, 0.4) is 0 Å². The summed E-state index contributed by atoms with van der Waals surface area (Å²) in [4.78, 5) is 12.7. The van der Waals surface area contributed by atoms with Crippen molar-refractivity contribution in [3.05, 3.63) is 77.4 Å². The van der Waals surface area contributed by atoms with Crippen molar-refractivity contribution in [2.75, 3.05) is 0 Å². The molecule has 0 aromatic heterocycles. The van der Waals surface area contributed by atoms with Crippen molar-refractivity contribution in [1.82, 2.24) is 0 Å². The van der Waals surface area contributed by atoms with E-state index >= 15 is 0 Å².